The topological polar surface area (TPSA) is 56.2 Å². The van der Waals surface area contributed by atoms with Gasteiger partial charge in [-0.2, -0.15) is 5.10 Å². The largest absolute Gasteiger partial charge is 0.381 e. The Labute approximate surface area is 138 Å². The Balaban J connectivity index is 1.67. The van der Waals surface area contributed by atoms with E-state index in [1.165, 1.54) is 12.4 Å². The lowest BCUT2D eigenvalue weighted by molar-refractivity contribution is 0.0803. The van der Waals surface area contributed by atoms with Crippen molar-refractivity contribution in [1.29, 1.82) is 0 Å². The van der Waals surface area contributed by atoms with Gasteiger partial charge in [0.05, 0.1) is 18.5 Å². The van der Waals surface area contributed by atoms with E-state index in [0.717, 1.165) is 29.7 Å². The Hall–Kier alpha value is -2.28. The Morgan fingerprint density at radius 3 is 3.08 bits per heavy atom. The molecule has 0 aliphatic carbocycles. The van der Waals surface area contributed by atoms with Gasteiger partial charge in [0.15, 0.2) is 0 Å². The molecule has 0 spiro atoms. The van der Waals surface area contributed by atoms with Crippen molar-refractivity contribution in [2.75, 3.05) is 18.5 Å². The summed E-state index contributed by atoms with van der Waals surface area (Å²) in [6.45, 7) is 0.970. The molecule has 1 unspecified atom stereocenters. The molecule has 0 bridgehead atoms. The van der Waals surface area contributed by atoms with Gasteiger partial charge in [-0.15, -0.1) is 0 Å². The van der Waals surface area contributed by atoms with Crippen molar-refractivity contribution in [1.82, 2.24) is 9.78 Å². The number of halogens is 2. The molecule has 24 heavy (non-hydrogen) atoms. The van der Waals surface area contributed by atoms with Gasteiger partial charge in [0.2, 0.25) is 0 Å². The van der Waals surface area contributed by atoms with Crippen LogP contribution in [-0.2, 0) is 11.3 Å². The summed E-state index contributed by atoms with van der Waals surface area (Å²) in [6, 6.07) is 7.43. The first kappa shape index (κ1) is 16.6. The number of carbonyl (C=O) groups excluding carboxylic acids is 1. The Bertz CT molecular complexity index is 697. The zero-order valence-electron chi connectivity index (χ0n) is 13.1. The summed E-state index contributed by atoms with van der Waals surface area (Å²) in [6.07, 6.45) is 2.33. The van der Waals surface area contributed by atoms with Crippen LogP contribution in [0, 0.1) is 0 Å². The van der Waals surface area contributed by atoms with E-state index in [2.05, 4.69) is 10.4 Å². The molecule has 1 aromatic carbocycles. The zero-order chi connectivity index (χ0) is 16.9. The molecule has 1 aromatic heterocycles. The minimum atomic E-state index is -2.48. The normalized spacial score (nSPS) is 17.9. The van der Waals surface area contributed by atoms with Crippen molar-refractivity contribution in [3.63, 3.8) is 0 Å². The number of benzene rings is 1. The van der Waals surface area contributed by atoms with Gasteiger partial charge in [0.1, 0.15) is 6.54 Å². The summed E-state index contributed by atoms with van der Waals surface area (Å²) in [5, 5.41) is 6.48. The summed E-state index contributed by atoms with van der Waals surface area (Å²) in [7, 11) is 0. The number of ether oxygens (including phenoxy) is 1. The van der Waals surface area contributed by atoms with Gasteiger partial charge in [-0.05, 0) is 30.5 Å². The first-order valence-corrected chi connectivity index (χ1v) is 7.91. The molecule has 2 aromatic rings. The summed E-state index contributed by atoms with van der Waals surface area (Å²) >= 11 is 0. The SMILES string of the molecule is O=C(Nc1cnn(CC(F)F)c1)c1cccc(C2CCCOC2)c1. The van der Waals surface area contributed by atoms with Crippen LogP contribution in [0.3, 0.4) is 0 Å². The zero-order valence-corrected chi connectivity index (χ0v) is 13.1. The molecule has 1 saturated heterocycles. The Morgan fingerprint density at radius 2 is 2.33 bits per heavy atom. The Kier molecular flexibility index (Phi) is 5.20. The number of hydrogen-bond donors (Lipinski definition) is 1. The molecule has 0 saturated carbocycles. The number of rotatable bonds is 5. The highest BCUT2D eigenvalue weighted by Gasteiger charge is 2.17. The molecule has 3 rings (SSSR count). The average molecular weight is 335 g/mol. The number of carbonyl (C=O) groups is 1. The van der Waals surface area contributed by atoms with Gasteiger partial charge >= 0.3 is 0 Å². The highest BCUT2D eigenvalue weighted by molar-refractivity contribution is 6.04. The van der Waals surface area contributed by atoms with Crippen LogP contribution in [0.4, 0.5) is 14.5 Å². The van der Waals surface area contributed by atoms with Gasteiger partial charge in [0.25, 0.3) is 12.3 Å². The summed E-state index contributed by atoms with van der Waals surface area (Å²) in [5.74, 6) is 0.0190. The van der Waals surface area contributed by atoms with Gasteiger partial charge < -0.3 is 10.1 Å². The lowest BCUT2D eigenvalue weighted by atomic mass is 9.92. The molecule has 1 aliphatic rings. The Morgan fingerprint density at radius 1 is 1.46 bits per heavy atom. The quantitative estimate of drug-likeness (QED) is 0.912. The van der Waals surface area contributed by atoms with Gasteiger partial charge in [-0.3, -0.25) is 9.48 Å². The lowest BCUT2D eigenvalue weighted by Crippen LogP contribution is -2.17. The van der Waals surface area contributed by atoms with E-state index in [1.54, 1.807) is 6.07 Å². The van der Waals surface area contributed by atoms with Crippen molar-refractivity contribution in [2.24, 2.45) is 0 Å². The number of anilines is 1. The van der Waals surface area contributed by atoms with Gasteiger partial charge in [-0.25, -0.2) is 8.78 Å². The number of aromatic nitrogens is 2. The number of alkyl halides is 2. The van der Waals surface area contributed by atoms with Crippen molar-refractivity contribution in [3.05, 3.63) is 47.8 Å². The molecular weight excluding hydrogens is 316 g/mol. The predicted octanol–water partition coefficient (Wildman–Crippen LogP) is 3.29. The van der Waals surface area contributed by atoms with E-state index < -0.39 is 13.0 Å². The first-order valence-electron chi connectivity index (χ1n) is 7.91. The average Bonchev–Trinajstić information content (AvgIpc) is 3.02. The van der Waals surface area contributed by atoms with Crippen molar-refractivity contribution in [3.8, 4) is 0 Å². The second-order valence-electron chi connectivity index (χ2n) is 5.84. The molecule has 1 fully saturated rings. The third-order valence-electron chi connectivity index (χ3n) is 4.00. The highest BCUT2D eigenvalue weighted by Crippen LogP contribution is 2.26. The molecule has 1 atom stereocenters. The van der Waals surface area contributed by atoms with Crippen LogP contribution >= 0.6 is 0 Å². The summed E-state index contributed by atoms with van der Waals surface area (Å²) in [4.78, 5) is 12.4. The fraction of sp³-hybridized carbons (Fsp3) is 0.412. The second kappa shape index (κ2) is 7.53. The van der Waals surface area contributed by atoms with Crippen molar-refractivity contribution >= 4 is 11.6 Å². The monoisotopic (exact) mass is 335 g/mol. The third-order valence-corrected chi connectivity index (χ3v) is 4.00. The van der Waals surface area contributed by atoms with Crippen molar-refractivity contribution < 1.29 is 18.3 Å². The minimum Gasteiger partial charge on any atom is -0.381 e. The molecule has 0 radical (unpaired) electrons. The maximum atomic E-state index is 12.4. The molecule has 1 amide bonds. The smallest absolute Gasteiger partial charge is 0.257 e. The van der Waals surface area contributed by atoms with E-state index in [9.17, 15) is 13.6 Å². The molecule has 7 heteroatoms. The standard InChI is InChI=1S/C17H19F2N3O2/c18-16(19)10-22-9-15(8-20-22)21-17(23)13-4-1-3-12(7-13)14-5-2-6-24-11-14/h1,3-4,7-9,14,16H,2,5-6,10-11H2,(H,21,23). The molecule has 5 nitrogen and oxygen atoms in total. The molecular formula is C17H19F2N3O2. The van der Waals surface area contributed by atoms with Crippen LogP contribution < -0.4 is 5.32 Å². The minimum absolute atomic E-state index is 0.287. The number of amides is 1. The fourth-order valence-corrected chi connectivity index (χ4v) is 2.81. The van der Waals surface area contributed by atoms with Gasteiger partial charge in [0, 0.05) is 24.3 Å². The second-order valence-corrected chi connectivity index (χ2v) is 5.84. The van der Waals surface area contributed by atoms with E-state index in [-0.39, 0.29) is 5.91 Å². The maximum Gasteiger partial charge on any atom is 0.257 e. The van der Waals surface area contributed by atoms with Crippen LogP contribution in [0.2, 0.25) is 0 Å². The number of nitrogens with zero attached hydrogens (tertiary/aromatic N) is 2. The van der Waals surface area contributed by atoms with Crippen LogP contribution in [-0.4, -0.2) is 35.3 Å². The van der Waals surface area contributed by atoms with Crippen LogP contribution in [0.5, 0.6) is 0 Å². The van der Waals surface area contributed by atoms with E-state index in [4.69, 9.17) is 4.74 Å². The molecule has 1 aliphatic heterocycles. The molecule has 128 valence electrons. The van der Waals surface area contributed by atoms with Crippen LogP contribution in [0.15, 0.2) is 36.7 Å². The van der Waals surface area contributed by atoms with Crippen LogP contribution in [0.25, 0.3) is 0 Å². The predicted molar refractivity (Wildman–Crippen MR) is 85.4 cm³/mol. The third kappa shape index (κ3) is 4.17. The number of nitrogens with one attached hydrogen (secondary N) is 1. The van der Waals surface area contributed by atoms with Gasteiger partial charge in [-0.1, -0.05) is 12.1 Å². The van der Waals surface area contributed by atoms with E-state index >= 15 is 0 Å². The number of hydrogen-bond acceptors (Lipinski definition) is 3. The molecule has 2 heterocycles. The van der Waals surface area contributed by atoms with Crippen molar-refractivity contribution in [2.45, 2.75) is 31.7 Å². The van der Waals surface area contributed by atoms with E-state index in [0.29, 0.717) is 23.8 Å². The summed E-state index contributed by atoms with van der Waals surface area (Å²) in [5.41, 5.74) is 2.00. The maximum absolute atomic E-state index is 12.4. The highest BCUT2D eigenvalue weighted by atomic mass is 19.3. The fourth-order valence-electron chi connectivity index (χ4n) is 2.81. The lowest BCUT2D eigenvalue weighted by Gasteiger charge is -2.22. The van der Waals surface area contributed by atoms with E-state index in [1.807, 2.05) is 18.2 Å². The van der Waals surface area contributed by atoms with Crippen LogP contribution in [0.1, 0.15) is 34.7 Å². The molecule has 1 N–H and O–H groups in total. The summed E-state index contributed by atoms with van der Waals surface area (Å²) < 4.78 is 31.2. The first-order chi connectivity index (χ1) is 11.6.